The van der Waals surface area contributed by atoms with E-state index in [0.29, 0.717) is 37.4 Å². The van der Waals surface area contributed by atoms with Crippen molar-refractivity contribution in [3.63, 3.8) is 0 Å². The Morgan fingerprint density at radius 3 is 1.07 bits per heavy atom. The van der Waals surface area contributed by atoms with Crippen LogP contribution in [-0.4, -0.2) is 35.2 Å². The number of hydroxylamine groups is 3. The second-order valence-corrected chi connectivity index (χ2v) is 10.3. The summed E-state index contributed by atoms with van der Waals surface area (Å²) in [6.07, 6.45) is 13.6. The molecular weight excluding hydrogens is 395 g/mol. The SMILES string of the molecule is NN(CC1CCCC1)OP(=O)(ON(N)CC1CCCC1)ON(N)CC1CCCC1. The molecule has 0 radical (unpaired) electrons. The molecule has 0 saturated heterocycles. The number of phosphoric acid groups is 1. The topological polar surface area (TPSA) is 133 Å². The van der Waals surface area contributed by atoms with Crippen molar-refractivity contribution in [2.24, 2.45) is 35.3 Å². The molecule has 3 aliphatic carbocycles. The molecule has 11 heteroatoms. The number of nitrogens with two attached hydrogens (primary N) is 3. The van der Waals surface area contributed by atoms with Crippen LogP contribution >= 0.6 is 7.82 Å². The number of hydrogen-bond acceptors (Lipinski definition) is 10. The standard InChI is InChI=1S/C18H39N6O4P/c19-22(13-16-7-1-2-8-16)26-29(25,27-23(20)14-17-9-3-4-10-17)28-24(21)15-18-11-5-6-12-18/h16-18H,1-15,19-21H2. The summed E-state index contributed by atoms with van der Waals surface area (Å²) >= 11 is 0. The van der Waals surface area contributed by atoms with Crippen LogP contribution in [0.4, 0.5) is 0 Å². The molecule has 0 aromatic carbocycles. The highest BCUT2D eigenvalue weighted by Crippen LogP contribution is 2.51. The fourth-order valence-electron chi connectivity index (χ4n) is 4.87. The van der Waals surface area contributed by atoms with Gasteiger partial charge in [-0.15, -0.1) is 15.5 Å². The molecule has 0 amide bonds. The van der Waals surface area contributed by atoms with Crippen LogP contribution < -0.4 is 17.5 Å². The quantitative estimate of drug-likeness (QED) is 0.239. The number of hydrogen-bond donors (Lipinski definition) is 3. The predicted octanol–water partition coefficient (Wildman–Crippen LogP) is 2.99. The first kappa shape index (κ1) is 23.5. The first-order chi connectivity index (χ1) is 13.9. The number of hydrazine groups is 3. The van der Waals surface area contributed by atoms with Crippen LogP contribution in [0.5, 0.6) is 0 Å². The second kappa shape index (κ2) is 11.5. The van der Waals surface area contributed by atoms with Gasteiger partial charge in [-0.1, -0.05) is 38.5 Å². The molecule has 3 aliphatic rings. The first-order valence-electron chi connectivity index (χ1n) is 11.2. The summed E-state index contributed by atoms with van der Waals surface area (Å²) in [5, 5.41) is 3.18. The highest BCUT2D eigenvalue weighted by molar-refractivity contribution is 7.48. The van der Waals surface area contributed by atoms with Gasteiger partial charge in [-0.05, 0) is 56.3 Å². The van der Waals surface area contributed by atoms with Gasteiger partial charge in [0.25, 0.3) is 0 Å². The van der Waals surface area contributed by atoms with Crippen LogP contribution in [0.25, 0.3) is 0 Å². The molecule has 0 aromatic rings. The van der Waals surface area contributed by atoms with E-state index in [-0.39, 0.29) is 0 Å². The van der Waals surface area contributed by atoms with Gasteiger partial charge < -0.3 is 0 Å². The molecule has 3 rings (SSSR count). The van der Waals surface area contributed by atoms with Gasteiger partial charge in [0.1, 0.15) is 0 Å². The van der Waals surface area contributed by atoms with Gasteiger partial charge in [-0.2, -0.15) is 13.9 Å². The van der Waals surface area contributed by atoms with Gasteiger partial charge in [-0.25, -0.2) is 22.1 Å². The molecule has 0 unspecified atom stereocenters. The van der Waals surface area contributed by atoms with E-state index in [4.69, 9.17) is 31.4 Å². The van der Waals surface area contributed by atoms with E-state index in [1.54, 1.807) is 0 Å². The number of nitrogens with zero attached hydrogens (tertiary/aromatic N) is 3. The molecular formula is C18H39N6O4P. The lowest BCUT2D eigenvalue weighted by atomic mass is 10.1. The Hall–Kier alpha value is -0.130. The van der Waals surface area contributed by atoms with Gasteiger partial charge in [0.15, 0.2) is 0 Å². The maximum absolute atomic E-state index is 13.3. The third-order valence-corrected chi connectivity index (χ3v) is 7.58. The van der Waals surface area contributed by atoms with Crippen LogP contribution in [0.2, 0.25) is 0 Å². The number of rotatable bonds is 12. The zero-order valence-electron chi connectivity index (χ0n) is 17.5. The monoisotopic (exact) mass is 434 g/mol. The summed E-state index contributed by atoms with van der Waals surface area (Å²) in [4.78, 5) is 0. The molecule has 6 N–H and O–H groups in total. The van der Waals surface area contributed by atoms with E-state index in [2.05, 4.69) is 0 Å². The zero-order valence-corrected chi connectivity index (χ0v) is 18.4. The van der Waals surface area contributed by atoms with Gasteiger partial charge in [0, 0.05) is 19.6 Å². The summed E-state index contributed by atoms with van der Waals surface area (Å²) in [5.74, 6) is 19.2. The predicted molar refractivity (Wildman–Crippen MR) is 109 cm³/mol. The summed E-state index contributed by atoms with van der Waals surface area (Å²) in [7, 11) is -4.16. The van der Waals surface area contributed by atoms with E-state index < -0.39 is 7.82 Å². The van der Waals surface area contributed by atoms with E-state index in [9.17, 15) is 4.57 Å². The lowest BCUT2D eigenvalue weighted by molar-refractivity contribution is -0.196. The van der Waals surface area contributed by atoms with Crippen molar-refractivity contribution >= 4 is 7.82 Å². The highest BCUT2D eigenvalue weighted by Gasteiger charge is 2.37. The van der Waals surface area contributed by atoms with Crippen molar-refractivity contribution in [2.45, 2.75) is 77.0 Å². The van der Waals surface area contributed by atoms with Gasteiger partial charge in [-0.3, -0.25) is 0 Å². The Morgan fingerprint density at radius 1 is 0.586 bits per heavy atom. The van der Waals surface area contributed by atoms with Crippen LogP contribution in [0.3, 0.4) is 0 Å². The van der Waals surface area contributed by atoms with E-state index in [0.717, 1.165) is 54.0 Å². The molecule has 0 spiro atoms. The van der Waals surface area contributed by atoms with E-state index >= 15 is 0 Å². The third-order valence-electron chi connectivity index (χ3n) is 6.35. The largest absolute Gasteiger partial charge is 0.528 e. The summed E-state index contributed by atoms with van der Waals surface area (Å²) in [5.41, 5.74) is 0. The Morgan fingerprint density at radius 2 is 0.828 bits per heavy atom. The smallest absolute Gasteiger partial charge is 0.245 e. The van der Waals surface area contributed by atoms with Crippen LogP contribution in [-0.2, 0) is 18.4 Å². The van der Waals surface area contributed by atoms with Gasteiger partial charge in [0.2, 0.25) is 0 Å². The summed E-state index contributed by atoms with van der Waals surface area (Å²) in [6.45, 7) is 1.37. The molecule has 0 heterocycles. The minimum Gasteiger partial charge on any atom is -0.245 e. The molecule has 0 aliphatic heterocycles. The van der Waals surface area contributed by atoms with Gasteiger partial charge in [0.05, 0.1) is 0 Å². The molecule has 170 valence electrons. The molecule has 29 heavy (non-hydrogen) atoms. The lowest BCUT2D eigenvalue weighted by Gasteiger charge is -2.30. The molecule has 0 bridgehead atoms. The summed E-state index contributed by atoms with van der Waals surface area (Å²) in [6, 6.07) is 0. The Labute approximate surface area is 174 Å². The fraction of sp³-hybridized carbons (Fsp3) is 1.00. The first-order valence-corrected chi connectivity index (χ1v) is 12.6. The average molecular weight is 435 g/mol. The van der Waals surface area contributed by atoms with Crippen molar-refractivity contribution in [3.8, 4) is 0 Å². The molecule has 3 saturated carbocycles. The zero-order chi connectivity index (χ0) is 20.7. The second-order valence-electron chi connectivity index (χ2n) is 8.94. The normalized spacial score (nSPS) is 22.8. The van der Waals surface area contributed by atoms with Crippen LogP contribution in [0.15, 0.2) is 0 Å². The fourth-order valence-corrected chi connectivity index (χ4v) is 5.93. The Balaban J connectivity index is 1.55. The Bertz CT molecular complexity index is 455. The van der Waals surface area contributed by atoms with Crippen LogP contribution in [0.1, 0.15) is 77.0 Å². The molecule has 3 fully saturated rings. The minimum atomic E-state index is -4.16. The third kappa shape index (κ3) is 8.14. The summed E-state index contributed by atoms with van der Waals surface area (Å²) < 4.78 is 29.7. The molecule has 10 nitrogen and oxygen atoms in total. The van der Waals surface area contributed by atoms with E-state index in [1.165, 1.54) is 38.5 Å². The average Bonchev–Trinajstić information content (AvgIpc) is 3.37. The van der Waals surface area contributed by atoms with E-state index in [1.807, 2.05) is 0 Å². The van der Waals surface area contributed by atoms with Crippen molar-refractivity contribution in [1.82, 2.24) is 15.5 Å². The maximum Gasteiger partial charge on any atom is 0.528 e. The lowest BCUT2D eigenvalue weighted by Crippen LogP contribution is -2.41. The maximum atomic E-state index is 13.3. The van der Waals surface area contributed by atoms with Crippen molar-refractivity contribution < 1.29 is 18.4 Å². The van der Waals surface area contributed by atoms with Crippen molar-refractivity contribution in [2.75, 3.05) is 19.6 Å². The van der Waals surface area contributed by atoms with Gasteiger partial charge >= 0.3 is 7.82 Å². The molecule has 0 aromatic heterocycles. The van der Waals surface area contributed by atoms with Crippen molar-refractivity contribution in [1.29, 1.82) is 0 Å². The van der Waals surface area contributed by atoms with Crippen LogP contribution in [0, 0.1) is 17.8 Å². The minimum absolute atomic E-state index is 0.411. The van der Waals surface area contributed by atoms with Crippen molar-refractivity contribution in [3.05, 3.63) is 0 Å². The highest BCUT2D eigenvalue weighted by atomic mass is 31.2. The molecule has 0 atom stereocenters. The Kier molecular flexibility index (Phi) is 9.31.